The maximum Gasteiger partial charge on any atom is 0.240 e. The summed E-state index contributed by atoms with van der Waals surface area (Å²) < 4.78 is 0. The van der Waals surface area contributed by atoms with Crippen molar-refractivity contribution in [3.63, 3.8) is 0 Å². The van der Waals surface area contributed by atoms with Crippen molar-refractivity contribution < 1.29 is 4.79 Å². The Morgan fingerprint density at radius 3 is 2.83 bits per heavy atom. The minimum atomic E-state index is -0.313. The standard InChI is InChI=1S/C16H19ClN6O/c1-11-4-2-3-7-23(11)16-19-9-12(10-20-16)15-18-6-5-13(22-15)21-14(24)8-17/h5-6,9-11H,2-4,7-8H2,1H3,(H,18,21,22,24)/t11-/m0/s1. The van der Waals surface area contributed by atoms with Crippen LogP contribution in [0.1, 0.15) is 26.2 Å². The fourth-order valence-electron chi connectivity index (χ4n) is 2.72. The summed E-state index contributed by atoms with van der Waals surface area (Å²) in [6, 6.07) is 2.06. The van der Waals surface area contributed by atoms with E-state index in [0.29, 0.717) is 23.2 Å². The Hall–Kier alpha value is -2.28. The zero-order chi connectivity index (χ0) is 16.9. The van der Waals surface area contributed by atoms with E-state index >= 15 is 0 Å². The Kier molecular flexibility index (Phi) is 5.20. The summed E-state index contributed by atoms with van der Waals surface area (Å²) in [5, 5.41) is 2.60. The van der Waals surface area contributed by atoms with E-state index in [1.807, 2.05) is 0 Å². The van der Waals surface area contributed by atoms with Crippen molar-refractivity contribution in [1.29, 1.82) is 0 Å². The molecule has 0 radical (unpaired) electrons. The first kappa shape index (κ1) is 16.6. The molecule has 0 spiro atoms. The summed E-state index contributed by atoms with van der Waals surface area (Å²) in [6.45, 7) is 3.18. The number of carbonyl (C=O) groups is 1. The molecular weight excluding hydrogens is 328 g/mol. The molecule has 0 aliphatic carbocycles. The molecule has 0 unspecified atom stereocenters. The van der Waals surface area contributed by atoms with Gasteiger partial charge in [-0.3, -0.25) is 4.79 Å². The first-order valence-corrected chi connectivity index (χ1v) is 8.49. The van der Waals surface area contributed by atoms with Gasteiger partial charge in [0.1, 0.15) is 11.7 Å². The highest BCUT2D eigenvalue weighted by atomic mass is 35.5. The van der Waals surface area contributed by atoms with Crippen LogP contribution in [0.4, 0.5) is 11.8 Å². The minimum absolute atomic E-state index is 0.120. The molecule has 7 nitrogen and oxygen atoms in total. The van der Waals surface area contributed by atoms with Gasteiger partial charge in [0.2, 0.25) is 11.9 Å². The van der Waals surface area contributed by atoms with Gasteiger partial charge in [0, 0.05) is 31.2 Å². The van der Waals surface area contributed by atoms with Gasteiger partial charge in [-0.2, -0.15) is 0 Å². The first-order chi connectivity index (χ1) is 11.7. The van der Waals surface area contributed by atoms with Crippen LogP contribution in [0.5, 0.6) is 0 Å². The average molecular weight is 347 g/mol. The molecule has 3 rings (SSSR count). The van der Waals surface area contributed by atoms with Crippen molar-refractivity contribution >= 4 is 29.3 Å². The summed E-state index contributed by atoms with van der Waals surface area (Å²) in [5.41, 5.74) is 0.699. The molecule has 24 heavy (non-hydrogen) atoms. The average Bonchev–Trinajstić information content (AvgIpc) is 2.62. The number of nitrogens with zero attached hydrogens (tertiary/aromatic N) is 5. The van der Waals surface area contributed by atoms with E-state index < -0.39 is 0 Å². The number of piperidine rings is 1. The molecule has 1 atom stereocenters. The monoisotopic (exact) mass is 346 g/mol. The number of halogens is 1. The molecule has 1 aliphatic rings. The summed E-state index contributed by atoms with van der Waals surface area (Å²) >= 11 is 5.48. The fraction of sp³-hybridized carbons (Fsp3) is 0.438. The number of rotatable bonds is 4. The lowest BCUT2D eigenvalue weighted by Gasteiger charge is -2.33. The van der Waals surface area contributed by atoms with E-state index in [-0.39, 0.29) is 11.8 Å². The van der Waals surface area contributed by atoms with Crippen molar-refractivity contribution in [2.45, 2.75) is 32.2 Å². The smallest absolute Gasteiger partial charge is 0.240 e. The summed E-state index contributed by atoms with van der Waals surface area (Å²) in [4.78, 5) is 31.0. The lowest BCUT2D eigenvalue weighted by Crippen LogP contribution is -2.38. The molecule has 3 heterocycles. The number of aromatic nitrogens is 4. The maximum atomic E-state index is 11.3. The molecule has 126 valence electrons. The Bertz CT molecular complexity index is 708. The molecule has 0 saturated carbocycles. The fourth-order valence-corrected chi connectivity index (χ4v) is 2.79. The van der Waals surface area contributed by atoms with Crippen LogP contribution >= 0.6 is 11.6 Å². The topological polar surface area (TPSA) is 83.9 Å². The molecule has 1 amide bonds. The molecular formula is C16H19ClN6O. The van der Waals surface area contributed by atoms with E-state index in [1.165, 1.54) is 12.8 Å². The van der Waals surface area contributed by atoms with Gasteiger partial charge in [-0.1, -0.05) is 0 Å². The molecule has 0 aromatic carbocycles. The van der Waals surface area contributed by atoms with Crippen LogP contribution in [0.15, 0.2) is 24.7 Å². The second-order valence-electron chi connectivity index (χ2n) is 5.76. The van der Waals surface area contributed by atoms with Crippen LogP contribution in [0.25, 0.3) is 11.4 Å². The van der Waals surface area contributed by atoms with E-state index in [1.54, 1.807) is 24.7 Å². The van der Waals surface area contributed by atoms with Gasteiger partial charge in [-0.25, -0.2) is 19.9 Å². The van der Waals surface area contributed by atoms with Gasteiger partial charge < -0.3 is 10.2 Å². The van der Waals surface area contributed by atoms with Crippen LogP contribution in [-0.2, 0) is 4.79 Å². The zero-order valence-corrected chi connectivity index (χ0v) is 14.2. The zero-order valence-electron chi connectivity index (χ0n) is 13.4. The second kappa shape index (κ2) is 7.53. The van der Waals surface area contributed by atoms with Crippen molar-refractivity contribution in [2.24, 2.45) is 0 Å². The number of nitrogens with one attached hydrogen (secondary N) is 1. The quantitative estimate of drug-likeness (QED) is 0.856. The molecule has 8 heteroatoms. The Morgan fingerprint density at radius 1 is 1.33 bits per heavy atom. The summed E-state index contributed by atoms with van der Waals surface area (Å²) in [6.07, 6.45) is 8.59. The van der Waals surface area contributed by atoms with Crippen LogP contribution in [-0.4, -0.2) is 44.3 Å². The number of hydrogen-bond donors (Lipinski definition) is 1. The lowest BCUT2D eigenvalue weighted by molar-refractivity contribution is -0.113. The molecule has 2 aromatic heterocycles. The van der Waals surface area contributed by atoms with Crippen LogP contribution in [0.3, 0.4) is 0 Å². The highest BCUT2D eigenvalue weighted by Crippen LogP contribution is 2.22. The number of alkyl halides is 1. The minimum Gasteiger partial charge on any atom is -0.338 e. The van der Waals surface area contributed by atoms with E-state index in [2.05, 4.69) is 37.1 Å². The van der Waals surface area contributed by atoms with Crippen molar-refractivity contribution in [2.75, 3.05) is 22.6 Å². The highest BCUT2D eigenvalue weighted by molar-refractivity contribution is 6.29. The van der Waals surface area contributed by atoms with Gasteiger partial charge in [-0.05, 0) is 32.3 Å². The van der Waals surface area contributed by atoms with E-state index in [0.717, 1.165) is 18.9 Å². The predicted molar refractivity (Wildman–Crippen MR) is 93.1 cm³/mol. The third-order valence-electron chi connectivity index (χ3n) is 4.00. The Morgan fingerprint density at radius 2 is 2.12 bits per heavy atom. The second-order valence-corrected chi connectivity index (χ2v) is 6.02. The largest absolute Gasteiger partial charge is 0.338 e. The Labute approximate surface area is 145 Å². The lowest BCUT2D eigenvalue weighted by atomic mass is 10.0. The Balaban J connectivity index is 1.78. The van der Waals surface area contributed by atoms with Crippen LogP contribution in [0.2, 0.25) is 0 Å². The van der Waals surface area contributed by atoms with Crippen molar-refractivity contribution in [1.82, 2.24) is 19.9 Å². The predicted octanol–water partition coefficient (Wildman–Crippen LogP) is 2.49. The molecule has 1 aliphatic heterocycles. The number of carbonyl (C=O) groups excluding carboxylic acids is 1. The number of anilines is 2. The van der Waals surface area contributed by atoms with Crippen molar-refractivity contribution in [3.05, 3.63) is 24.7 Å². The number of amides is 1. The van der Waals surface area contributed by atoms with Gasteiger partial charge in [0.05, 0.1) is 5.56 Å². The summed E-state index contributed by atoms with van der Waals surface area (Å²) in [5.74, 6) is 1.16. The normalized spacial score (nSPS) is 17.6. The highest BCUT2D eigenvalue weighted by Gasteiger charge is 2.20. The first-order valence-electron chi connectivity index (χ1n) is 7.95. The molecule has 1 N–H and O–H groups in total. The molecule has 0 bridgehead atoms. The molecule has 2 aromatic rings. The van der Waals surface area contributed by atoms with Crippen molar-refractivity contribution in [3.8, 4) is 11.4 Å². The third-order valence-corrected chi connectivity index (χ3v) is 4.24. The maximum absolute atomic E-state index is 11.3. The number of hydrogen-bond acceptors (Lipinski definition) is 6. The molecule has 1 saturated heterocycles. The van der Waals surface area contributed by atoms with Gasteiger partial charge in [0.25, 0.3) is 0 Å². The van der Waals surface area contributed by atoms with Gasteiger partial charge in [0.15, 0.2) is 5.82 Å². The molecule has 1 fully saturated rings. The summed E-state index contributed by atoms with van der Waals surface area (Å²) in [7, 11) is 0. The van der Waals surface area contributed by atoms with Crippen LogP contribution < -0.4 is 10.2 Å². The van der Waals surface area contributed by atoms with Gasteiger partial charge >= 0.3 is 0 Å². The van der Waals surface area contributed by atoms with E-state index in [9.17, 15) is 4.79 Å². The van der Waals surface area contributed by atoms with Crippen LogP contribution in [0, 0.1) is 0 Å². The SMILES string of the molecule is C[C@H]1CCCCN1c1ncc(-c2nccc(NC(=O)CCl)n2)cn1. The van der Waals surface area contributed by atoms with E-state index in [4.69, 9.17) is 11.6 Å². The third kappa shape index (κ3) is 3.79. The van der Waals surface area contributed by atoms with Gasteiger partial charge in [-0.15, -0.1) is 11.6 Å².